The van der Waals surface area contributed by atoms with Crippen molar-refractivity contribution in [1.29, 1.82) is 0 Å². The number of benzene rings is 2. The van der Waals surface area contributed by atoms with E-state index in [0.717, 1.165) is 23.3 Å². The fourth-order valence-electron chi connectivity index (χ4n) is 4.54. The molecule has 0 aliphatic heterocycles. The number of hydrogen-bond acceptors (Lipinski definition) is 5. The molecule has 154 valence electrons. The van der Waals surface area contributed by atoms with Gasteiger partial charge in [-0.05, 0) is 55.3 Å². The maximum atomic E-state index is 5.02. The number of rotatable bonds is 5. The lowest BCUT2D eigenvalue weighted by atomic mass is 9.93. The summed E-state index contributed by atoms with van der Waals surface area (Å²) in [5.74, 6) is 0. The fraction of sp³-hybridized carbons (Fsp3) is 0.360. The zero-order valence-corrected chi connectivity index (χ0v) is 18.5. The van der Waals surface area contributed by atoms with Crippen LogP contribution in [0.5, 0.6) is 0 Å². The van der Waals surface area contributed by atoms with Crippen LogP contribution in [0.25, 0.3) is 21.1 Å². The molecule has 5 rings (SSSR count). The average molecular weight is 417 g/mol. The van der Waals surface area contributed by atoms with Crippen LogP contribution in [0, 0.1) is 0 Å². The molecule has 0 saturated heterocycles. The van der Waals surface area contributed by atoms with Crippen molar-refractivity contribution in [3.63, 3.8) is 0 Å². The molecule has 30 heavy (non-hydrogen) atoms. The lowest BCUT2D eigenvalue weighted by Gasteiger charge is -2.36. The summed E-state index contributed by atoms with van der Waals surface area (Å²) < 4.78 is 1.26. The molecule has 0 bridgehead atoms. The molecular weight excluding hydrogens is 388 g/mol. The first-order valence-electron chi connectivity index (χ1n) is 10.8. The van der Waals surface area contributed by atoms with E-state index in [2.05, 4.69) is 77.4 Å². The topological polar surface area (TPSA) is 32.3 Å². The molecule has 1 aliphatic rings. The Labute approximate surface area is 182 Å². The third-order valence-electron chi connectivity index (χ3n) is 6.24. The summed E-state index contributed by atoms with van der Waals surface area (Å²) in [6, 6.07) is 18.2. The highest BCUT2D eigenvalue weighted by Crippen LogP contribution is 2.32. The van der Waals surface area contributed by atoms with Gasteiger partial charge in [-0.25, -0.2) is 4.98 Å². The summed E-state index contributed by atoms with van der Waals surface area (Å²) in [5.41, 5.74) is 7.73. The molecule has 0 N–H and O–H groups in total. The highest BCUT2D eigenvalue weighted by Gasteiger charge is 2.22. The molecule has 0 amide bonds. The Bertz CT molecular complexity index is 1160. The zero-order chi connectivity index (χ0) is 20.5. The van der Waals surface area contributed by atoms with Crippen LogP contribution in [-0.4, -0.2) is 30.1 Å². The Hall–Kier alpha value is -2.66. The van der Waals surface area contributed by atoms with Gasteiger partial charge in [0.1, 0.15) is 0 Å². The van der Waals surface area contributed by atoms with Gasteiger partial charge in [0.05, 0.1) is 33.5 Å². The number of aromatic nitrogens is 2. The van der Waals surface area contributed by atoms with Gasteiger partial charge in [0.15, 0.2) is 0 Å². The van der Waals surface area contributed by atoms with Crippen molar-refractivity contribution in [3.05, 3.63) is 59.7 Å². The minimum absolute atomic E-state index is 0.581. The molecule has 2 heterocycles. The van der Waals surface area contributed by atoms with Crippen molar-refractivity contribution in [1.82, 2.24) is 9.97 Å². The summed E-state index contributed by atoms with van der Waals surface area (Å²) in [4.78, 5) is 14.2. The molecular formula is C25H28N4S. The van der Waals surface area contributed by atoms with Crippen LogP contribution in [0.3, 0.4) is 0 Å². The van der Waals surface area contributed by atoms with E-state index in [1.54, 1.807) is 11.3 Å². The van der Waals surface area contributed by atoms with Gasteiger partial charge in [-0.15, -0.1) is 11.3 Å². The molecule has 2 aromatic heterocycles. The van der Waals surface area contributed by atoms with E-state index in [1.165, 1.54) is 53.6 Å². The summed E-state index contributed by atoms with van der Waals surface area (Å²) in [6.07, 6.45) is 6.53. The second kappa shape index (κ2) is 8.23. The van der Waals surface area contributed by atoms with E-state index in [0.29, 0.717) is 6.04 Å². The zero-order valence-electron chi connectivity index (χ0n) is 17.7. The minimum atomic E-state index is 0.581. The molecule has 0 unspecified atom stereocenters. The van der Waals surface area contributed by atoms with Gasteiger partial charge in [-0.2, -0.15) is 0 Å². The average Bonchev–Trinajstić information content (AvgIpc) is 3.25. The van der Waals surface area contributed by atoms with Crippen LogP contribution < -0.4 is 9.80 Å². The second-order valence-electron chi connectivity index (χ2n) is 8.50. The number of anilines is 2. The lowest BCUT2D eigenvalue weighted by Crippen LogP contribution is -2.36. The van der Waals surface area contributed by atoms with Crippen LogP contribution in [0.2, 0.25) is 0 Å². The van der Waals surface area contributed by atoms with E-state index in [1.807, 2.05) is 5.51 Å². The molecule has 4 nitrogen and oxygen atoms in total. The smallest absolute Gasteiger partial charge is 0.0813 e. The quantitative estimate of drug-likeness (QED) is 0.385. The van der Waals surface area contributed by atoms with Gasteiger partial charge in [-0.1, -0.05) is 25.3 Å². The van der Waals surface area contributed by atoms with Gasteiger partial charge in [-0.3, -0.25) is 4.98 Å². The molecule has 5 heteroatoms. The first-order valence-corrected chi connectivity index (χ1v) is 11.7. The number of thiazole rings is 1. The molecule has 0 radical (unpaired) electrons. The highest BCUT2D eigenvalue weighted by molar-refractivity contribution is 7.16. The van der Waals surface area contributed by atoms with Crippen LogP contribution in [0.4, 0.5) is 11.4 Å². The maximum absolute atomic E-state index is 5.02. The van der Waals surface area contributed by atoms with Gasteiger partial charge in [0.25, 0.3) is 0 Å². The summed E-state index contributed by atoms with van der Waals surface area (Å²) >= 11 is 1.72. The fourth-order valence-corrected chi connectivity index (χ4v) is 5.25. The number of nitrogens with zero attached hydrogens (tertiary/aromatic N) is 4. The molecule has 4 aromatic rings. The van der Waals surface area contributed by atoms with E-state index in [-0.39, 0.29) is 0 Å². The van der Waals surface area contributed by atoms with Crippen LogP contribution in [0.1, 0.15) is 37.8 Å². The highest BCUT2D eigenvalue weighted by atomic mass is 32.1. The van der Waals surface area contributed by atoms with Crippen LogP contribution >= 0.6 is 11.3 Å². The summed E-state index contributed by atoms with van der Waals surface area (Å²) in [5, 5.41) is 1.19. The molecule has 0 spiro atoms. The first kappa shape index (κ1) is 19.3. The van der Waals surface area contributed by atoms with Gasteiger partial charge in [0.2, 0.25) is 0 Å². The van der Waals surface area contributed by atoms with Crippen molar-refractivity contribution in [2.24, 2.45) is 0 Å². The number of fused-ring (bicyclic) bond motifs is 2. The standard InChI is InChI=1S/C25H28N4S/c1-28(2)21-10-12-23-18(14-21)8-9-19(27-23)16-29(20-6-4-3-5-7-20)22-11-13-24-25(15-22)30-17-26-24/h8-15,17,20H,3-7,16H2,1-2H3. The second-order valence-corrected chi connectivity index (χ2v) is 9.38. The van der Waals surface area contributed by atoms with Crippen molar-refractivity contribution in [3.8, 4) is 0 Å². The van der Waals surface area contributed by atoms with Crippen LogP contribution in [-0.2, 0) is 6.54 Å². The number of pyridine rings is 1. The van der Waals surface area contributed by atoms with Crippen molar-refractivity contribution in [2.45, 2.75) is 44.7 Å². The molecule has 2 aromatic carbocycles. The predicted octanol–water partition coefficient (Wildman–Crippen LogP) is 6.25. The first-order chi connectivity index (χ1) is 14.7. The van der Waals surface area contributed by atoms with E-state index < -0.39 is 0 Å². The van der Waals surface area contributed by atoms with Crippen LogP contribution in [0.15, 0.2) is 54.0 Å². The third-order valence-corrected chi connectivity index (χ3v) is 7.03. The summed E-state index contributed by atoms with van der Waals surface area (Å²) in [6.45, 7) is 0.848. The van der Waals surface area contributed by atoms with E-state index in [9.17, 15) is 0 Å². The number of hydrogen-bond donors (Lipinski definition) is 0. The third kappa shape index (κ3) is 3.86. The molecule has 1 saturated carbocycles. The maximum Gasteiger partial charge on any atom is 0.0813 e. The SMILES string of the molecule is CN(C)c1ccc2nc(CN(c3ccc4ncsc4c3)C3CCCCC3)ccc2c1. The minimum Gasteiger partial charge on any atom is -0.378 e. The Morgan fingerprint density at radius 2 is 1.70 bits per heavy atom. The Balaban J connectivity index is 1.48. The molecule has 1 fully saturated rings. The Morgan fingerprint density at radius 3 is 2.53 bits per heavy atom. The molecule has 0 atom stereocenters. The van der Waals surface area contributed by atoms with Crippen molar-refractivity contribution < 1.29 is 0 Å². The van der Waals surface area contributed by atoms with Gasteiger partial charge < -0.3 is 9.80 Å². The van der Waals surface area contributed by atoms with Crippen molar-refractivity contribution in [2.75, 3.05) is 23.9 Å². The Kier molecular flexibility index (Phi) is 5.30. The van der Waals surface area contributed by atoms with Gasteiger partial charge in [0, 0.05) is 36.9 Å². The monoisotopic (exact) mass is 416 g/mol. The van der Waals surface area contributed by atoms with E-state index >= 15 is 0 Å². The largest absolute Gasteiger partial charge is 0.378 e. The summed E-state index contributed by atoms with van der Waals surface area (Å²) in [7, 11) is 4.15. The molecule has 1 aliphatic carbocycles. The normalized spacial score (nSPS) is 15.0. The predicted molar refractivity (Wildman–Crippen MR) is 129 cm³/mol. The van der Waals surface area contributed by atoms with Gasteiger partial charge >= 0.3 is 0 Å². The Morgan fingerprint density at radius 1 is 0.900 bits per heavy atom. The van der Waals surface area contributed by atoms with E-state index in [4.69, 9.17) is 4.98 Å². The lowest BCUT2D eigenvalue weighted by molar-refractivity contribution is 0.412. The van der Waals surface area contributed by atoms with Crippen molar-refractivity contribution >= 4 is 43.8 Å².